The summed E-state index contributed by atoms with van der Waals surface area (Å²) in [5, 5.41) is -2.51. The predicted molar refractivity (Wildman–Crippen MR) is 86.3 cm³/mol. The van der Waals surface area contributed by atoms with Gasteiger partial charge in [-0.25, -0.2) is 17.6 Å². The molecule has 8 heteroatoms. The molecule has 2 rings (SSSR count). The first-order chi connectivity index (χ1) is 12.4. The Labute approximate surface area is 145 Å². The molecule has 1 aromatic carbocycles. The minimum atomic E-state index is -4.86. The summed E-state index contributed by atoms with van der Waals surface area (Å²) in [7, 11) is -4.86. The van der Waals surface area contributed by atoms with E-state index in [1.165, 1.54) is 6.92 Å². The van der Waals surface area contributed by atoms with Gasteiger partial charge >= 0.3 is 5.97 Å². The molecule has 0 amide bonds. The number of hydrogen-bond donors (Lipinski definition) is 1. The molecule has 0 spiro atoms. The van der Waals surface area contributed by atoms with Gasteiger partial charge < -0.3 is 4.74 Å². The van der Waals surface area contributed by atoms with Crippen molar-refractivity contribution in [2.75, 3.05) is 11.3 Å². The number of allylic oxidation sites excluding steroid dienone is 1. The molecule has 0 heterocycles. The molecule has 1 atom stereocenters. The summed E-state index contributed by atoms with van der Waals surface area (Å²) >= 11 is 5.82. The van der Waals surface area contributed by atoms with Crippen molar-refractivity contribution in [2.24, 2.45) is 0 Å². The third-order valence-corrected chi connectivity index (χ3v) is 4.71. The number of benzene rings is 1. The molecular formula is C15H17ClFNO4S. The van der Waals surface area contributed by atoms with E-state index in [1.807, 2.05) is 0 Å². The first kappa shape index (κ1) is 12.8. The van der Waals surface area contributed by atoms with Crippen molar-refractivity contribution in [1.82, 2.24) is 0 Å². The average Bonchev–Trinajstić information content (AvgIpc) is 2.56. The van der Waals surface area contributed by atoms with Crippen molar-refractivity contribution in [1.29, 1.82) is 0 Å². The summed E-state index contributed by atoms with van der Waals surface area (Å²) in [5.41, 5.74) is -1.06. The standard InChI is InChI=1S/C15H17ClFNO4S/c1-2-22-15(19)11-5-3-4-6-14(11)23(20,21)18-13-8-7-10(17)9-12(13)16/h5,7-9,14,18H,2-4,6H2,1H3/t14-/m1/s1/i5D,6D2/hD. The van der Waals surface area contributed by atoms with E-state index in [2.05, 4.69) is 0 Å². The van der Waals surface area contributed by atoms with Gasteiger partial charge in [-0.2, -0.15) is 0 Å². The fourth-order valence-electron chi connectivity index (χ4n) is 1.98. The number of carbonyl (C=O) groups excluding carboxylic acids is 1. The third-order valence-electron chi connectivity index (χ3n) is 2.96. The Morgan fingerprint density at radius 2 is 2.39 bits per heavy atom. The highest BCUT2D eigenvalue weighted by Gasteiger charge is 2.35. The summed E-state index contributed by atoms with van der Waals surface area (Å²) < 4.78 is 76.1. The minimum absolute atomic E-state index is 0.0465. The Balaban J connectivity index is 2.61. The molecule has 0 aromatic heterocycles. The molecule has 1 aliphatic rings. The van der Waals surface area contributed by atoms with Crippen LogP contribution in [0.4, 0.5) is 10.1 Å². The molecule has 0 unspecified atom stereocenters. The van der Waals surface area contributed by atoms with Crippen LogP contribution in [0.5, 0.6) is 0 Å². The summed E-state index contributed by atoms with van der Waals surface area (Å²) in [6.07, 6.45) is -2.91. The quantitative estimate of drug-likeness (QED) is 0.813. The van der Waals surface area contributed by atoms with Crippen LogP contribution >= 0.6 is 11.6 Å². The van der Waals surface area contributed by atoms with Crippen molar-refractivity contribution in [3.05, 3.63) is 40.7 Å². The Morgan fingerprint density at radius 1 is 1.65 bits per heavy atom. The number of esters is 1. The van der Waals surface area contributed by atoms with Gasteiger partial charge in [0.15, 0.2) is 1.41 Å². The molecule has 1 N–H and O–H groups in total. The fourth-order valence-corrected chi connectivity index (χ4v) is 3.59. The zero-order valence-electron chi connectivity index (χ0n) is 16.2. The zero-order valence-corrected chi connectivity index (χ0v) is 13.7. The molecular weight excluding hydrogens is 345 g/mol. The van der Waals surface area contributed by atoms with Crippen LogP contribution in [0, 0.1) is 5.82 Å². The number of halogens is 2. The number of sulfonamides is 1. The molecule has 0 saturated heterocycles. The number of nitrogens with one attached hydrogen (secondary N) is 1. The van der Waals surface area contributed by atoms with Crippen LogP contribution < -0.4 is 4.72 Å². The number of anilines is 1. The van der Waals surface area contributed by atoms with E-state index in [0.29, 0.717) is 0 Å². The van der Waals surface area contributed by atoms with E-state index in [-0.39, 0.29) is 35.2 Å². The SMILES string of the molecule is [2H]C1=C(C(=O)OCC)[C@H](S(=O)(=O)N([2H])c2ccc(F)cc2Cl)C([2H])([2H])CC1. The van der Waals surface area contributed by atoms with Gasteiger partial charge in [0.05, 0.1) is 24.3 Å². The van der Waals surface area contributed by atoms with Gasteiger partial charge in [-0.05, 0) is 44.3 Å². The fraction of sp³-hybridized carbons (Fsp3) is 0.400. The average molecular weight is 366 g/mol. The zero-order chi connectivity index (χ0) is 20.6. The number of hydrogen-bond acceptors (Lipinski definition) is 4. The summed E-state index contributed by atoms with van der Waals surface area (Å²) in [6, 6.07) is 2.29. The van der Waals surface area contributed by atoms with E-state index < -0.39 is 44.7 Å². The molecule has 126 valence electrons. The van der Waals surface area contributed by atoms with Gasteiger partial charge in [0, 0.05) is 2.74 Å². The third kappa shape index (κ3) is 4.23. The van der Waals surface area contributed by atoms with Crippen LogP contribution in [0.15, 0.2) is 29.8 Å². The maximum Gasteiger partial charge on any atom is 0.335 e. The van der Waals surface area contributed by atoms with E-state index in [1.54, 1.807) is 0 Å². The maximum absolute atomic E-state index is 13.2. The highest BCUT2D eigenvalue weighted by molar-refractivity contribution is 7.93. The van der Waals surface area contributed by atoms with E-state index in [4.69, 9.17) is 21.9 Å². The number of ether oxygens (including phenoxy) is 1. The molecule has 0 radical (unpaired) electrons. The second kappa shape index (κ2) is 7.31. The summed E-state index contributed by atoms with van der Waals surface area (Å²) in [4.78, 5) is 12.2. The molecule has 1 aromatic rings. The Bertz CT molecular complexity index is 894. The van der Waals surface area contributed by atoms with E-state index >= 15 is 0 Å². The van der Waals surface area contributed by atoms with Crippen molar-refractivity contribution < 1.29 is 27.9 Å². The van der Waals surface area contributed by atoms with Crippen LogP contribution in [0.3, 0.4) is 0 Å². The van der Waals surface area contributed by atoms with Crippen molar-refractivity contribution >= 4 is 33.3 Å². The van der Waals surface area contributed by atoms with Gasteiger partial charge in [0.25, 0.3) is 0 Å². The Kier molecular flexibility index (Phi) is 4.06. The van der Waals surface area contributed by atoms with Crippen LogP contribution in [0.1, 0.15) is 30.3 Å². The molecule has 0 fully saturated rings. The molecule has 23 heavy (non-hydrogen) atoms. The summed E-state index contributed by atoms with van der Waals surface area (Å²) in [5.74, 6) is -1.87. The van der Waals surface area contributed by atoms with Crippen LogP contribution in [-0.4, -0.2) is 26.2 Å². The van der Waals surface area contributed by atoms with Gasteiger partial charge in [-0.3, -0.25) is 4.72 Å². The lowest BCUT2D eigenvalue weighted by Crippen LogP contribution is -2.34. The van der Waals surface area contributed by atoms with Gasteiger partial charge in [0.2, 0.25) is 10.0 Å². The number of rotatable bonds is 5. The lowest BCUT2D eigenvalue weighted by atomic mass is 9.99. The van der Waals surface area contributed by atoms with Crippen LogP contribution in [0.2, 0.25) is 6.43 Å². The smallest absolute Gasteiger partial charge is 0.335 e. The first-order valence-electron chi connectivity index (χ1n) is 8.73. The monoisotopic (exact) mass is 365 g/mol. The van der Waals surface area contributed by atoms with Crippen molar-refractivity contribution in [2.45, 2.75) is 31.4 Å². The molecule has 1 aliphatic carbocycles. The predicted octanol–water partition coefficient (Wildman–Crippen LogP) is 3.26. The largest absolute Gasteiger partial charge is 0.463 e. The minimum Gasteiger partial charge on any atom is -0.463 e. The molecule has 0 bridgehead atoms. The van der Waals surface area contributed by atoms with E-state index in [0.717, 1.165) is 18.2 Å². The topological polar surface area (TPSA) is 72.5 Å². The molecule has 0 aliphatic heterocycles. The van der Waals surface area contributed by atoms with Gasteiger partial charge in [0.1, 0.15) is 11.1 Å². The van der Waals surface area contributed by atoms with Gasteiger partial charge in [-0.1, -0.05) is 17.7 Å². The van der Waals surface area contributed by atoms with Crippen LogP contribution in [0.25, 0.3) is 0 Å². The highest BCUT2D eigenvalue weighted by atomic mass is 35.5. The van der Waals surface area contributed by atoms with Crippen molar-refractivity contribution in [3.63, 3.8) is 0 Å². The normalized spacial score (nSPS) is 23.3. The molecule has 0 saturated carbocycles. The molecule has 5 nitrogen and oxygen atoms in total. The Morgan fingerprint density at radius 3 is 3.04 bits per heavy atom. The van der Waals surface area contributed by atoms with Crippen LogP contribution in [-0.2, 0) is 19.6 Å². The Hall–Kier alpha value is -1.60. The van der Waals surface area contributed by atoms with Gasteiger partial charge in [-0.15, -0.1) is 0 Å². The second-order valence-electron chi connectivity index (χ2n) is 4.60. The van der Waals surface area contributed by atoms with E-state index in [9.17, 15) is 17.6 Å². The lowest BCUT2D eigenvalue weighted by Gasteiger charge is -2.24. The second-order valence-corrected chi connectivity index (χ2v) is 6.69. The number of carbonyl (C=O) groups is 1. The lowest BCUT2D eigenvalue weighted by molar-refractivity contribution is -0.138. The van der Waals surface area contributed by atoms with Crippen molar-refractivity contribution in [3.8, 4) is 0 Å². The highest BCUT2D eigenvalue weighted by Crippen LogP contribution is 2.30. The first-order valence-corrected chi connectivity index (χ1v) is 8.66. The summed E-state index contributed by atoms with van der Waals surface area (Å²) in [6.45, 7) is 1.39. The maximum atomic E-state index is 13.2.